The van der Waals surface area contributed by atoms with Gasteiger partial charge in [0.2, 0.25) is 0 Å². The van der Waals surface area contributed by atoms with Crippen molar-refractivity contribution < 1.29 is 0 Å². The number of para-hydroxylation sites is 1. The lowest BCUT2D eigenvalue weighted by Gasteiger charge is -2.12. The fourth-order valence-electron chi connectivity index (χ4n) is 2.00. The van der Waals surface area contributed by atoms with Gasteiger partial charge < -0.3 is 5.73 Å². The smallest absolute Gasteiger partial charge is 0.0897 e. The van der Waals surface area contributed by atoms with Crippen molar-refractivity contribution in [2.75, 3.05) is 0 Å². The van der Waals surface area contributed by atoms with E-state index in [2.05, 4.69) is 10.1 Å². The summed E-state index contributed by atoms with van der Waals surface area (Å²) in [6.07, 6.45) is 3.61. The molecule has 96 valence electrons. The number of aryl methyl sites for hydroxylation is 1. The van der Waals surface area contributed by atoms with E-state index in [0.717, 1.165) is 21.3 Å². The number of nitrogens with zero attached hydrogens (tertiary/aromatic N) is 3. The first-order chi connectivity index (χ1) is 9.25. The van der Waals surface area contributed by atoms with Crippen LogP contribution < -0.4 is 5.73 Å². The lowest BCUT2D eigenvalue weighted by atomic mass is 10.2. The Bertz CT molecular complexity index is 672. The predicted molar refractivity (Wildman–Crippen MR) is 76.4 cm³/mol. The van der Waals surface area contributed by atoms with E-state index in [4.69, 9.17) is 5.73 Å². The van der Waals surface area contributed by atoms with Crippen LogP contribution in [0.5, 0.6) is 0 Å². The molecular weight excluding hydrogens is 256 g/mol. The summed E-state index contributed by atoms with van der Waals surface area (Å²) in [4.78, 5) is 5.31. The van der Waals surface area contributed by atoms with Crippen LogP contribution in [0.2, 0.25) is 0 Å². The van der Waals surface area contributed by atoms with E-state index in [9.17, 15) is 0 Å². The van der Waals surface area contributed by atoms with Gasteiger partial charge in [-0.3, -0.25) is 0 Å². The Kier molecular flexibility index (Phi) is 3.15. The molecule has 0 fully saturated rings. The fraction of sp³-hybridized carbons (Fsp3) is 0.143. The number of rotatable bonds is 3. The number of thiazole rings is 1. The van der Waals surface area contributed by atoms with Gasteiger partial charge in [0.15, 0.2) is 0 Å². The second-order valence-corrected chi connectivity index (χ2v) is 5.53. The van der Waals surface area contributed by atoms with Gasteiger partial charge >= 0.3 is 0 Å². The Labute approximate surface area is 115 Å². The number of aromatic nitrogens is 3. The van der Waals surface area contributed by atoms with Crippen molar-refractivity contribution in [3.05, 3.63) is 64.4 Å². The zero-order valence-corrected chi connectivity index (χ0v) is 11.3. The zero-order chi connectivity index (χ0) is 13.2. The molecule has 0 spiro atoms. The molecule has 0 aliphatic carbocycles. The number of nitrogens with two attached hydrogens (primary N) is 1. The first-order valence-corrected chi connectivity index (χ1v) is 6.84. The van der Waals surface area contributed by atoms with Gasteiger partial charge in [0.05, 0.1) is 22.4 Å². The van der Waals surface area contributed by atoms with Crippen LogP contribution in [0.1, 0.15) is 21.6 Å². The van der Waals surface area contributed by atoms with Crippen molar-refractivity contribution in [1.29, 1.82) is 0 Å². The predicted octanol–water partition coefficient (Wildman–Crippen LogP) is 2.69. The first kappa shape index (κ1) is 12.1. The summed E-state index contributed by atoms with van der Waals surface area (Å²) in [6, 6.07) is 11.7. The van der Waals surface area contributed by atoms with Crippen molar-refractivity contribution in [2.45, 2.75) is 13.0 Å². The van der Waals surface area contributed by atoms with E-state index in [1.165, 1.54) is 0 Å². The molecule has 0 bridgehead atoms. The van der Waals surface area contributed by atoms with Gasteiger partial charge in [-0.2, -0.15) is 5.10 Å². The molecule has 0 aliphatic heterocycles. The van der Waals surface area contributed by atoms with Crippen LogP contribution in [-0.4, -0.2) is 14.8 Å². The molecular formula is C14H14N4S. The Morgan fingerprint density at radius 1 is 1.21 bits per heavy atom. The number of benzene rings is 1. The summed E-state index contributed by atoms with van der Waals surface area (Å²) in [5, 5.41) is 5.38. The maximum absolute atomic E-state index is 6.32. The largest absolute Gasteiger partial charge is 0.318 e. The van der Waals surface area contributed by atoms with E-state index in [-0.39, 0.29) is 6.04 Å². The van der Waals surface area contributed by atoms with Gasteiger partial charge in [0.1, 0.15) is 0 Å². The lowest BCUT2D eigenvalue weighted by molar-refractivity contribution is 0.746. The molecule has 19 heavy (non-hydrogen) atoms. The third-order valence-electron chi connectivity index (χ3n) is 2.94. The minimum Gasteiger partial charge on any atom is -0.318 e. The molecule has 3 rings (SSSR count). The molecule has 0 radical (unpaired) electrons. The number of hydrogen-bond acceptors (Lipinski definition) is 4. The van der Waals surface area contributed by atoms with Crippen molar-refractivity contribution in [3.63, 3.8) is 0 Å². The average molecular weight is 270 g/mol. The maximum Gasteiger partial charge on any atom is 0.0897 e. The quantitative estimate of drug-likeness (QED) is 0.796. The summed E-state index contributed by atoms with van der Waals surface area (Å²) in [6.45, 7) is 1.98. The Morgan fingerprint density at radius 3 is 2.68 bits per heavy atom. The van der Waals surface area contributed by atoms with E-state index >= 15 is 0 Å². The summed E-state index contributed by atoms with van der Waals surface area (Å²) >= 11 is 1.62. The molecule has 1 aromatic carbocycles. The molecule has 2 N–H and O–H groups in total. The first-order valence-electron chi connectivity index (χ1n) is 6.03. The second kappa shape index (κ2) is 4.95. The lowest BCUT2D eigenvalue weighted by Crippen LogP contribution is -2.15. The molecule has 3 aromatic rings. The molecule has 0 amide bonds. The Morgan fingerprint density at radius 2 is 2.00 bits per heavy atom. The van der Waals surface area contributed by atoms with Crippen molar-refractivity contribution in [3.8, 4) is 5.69 Å². The molecule has 1 unspecified atom stereocenters. The molecule has 2 heterocycles. The van der Waals surface area contributed by atoms with E-state index in [1.54, 1.807) is 17.5 Å². The van der Waals surface area contributed by atoms with Gasteiger partial charge in [-0.05, 0) is 25.1 Å². The summed E-state index contributed by atoms with van der Waals surface area (Å²) < 4.78 is 1.87. The molecule has 2 aromatic heterocycles. The molecule has 5 heteroatoms. The standard InChI is InChI=1S/C14H14N4S/c1-10-16-9-13(19-10)14(15)12-7-8-17-18(12)11-5-3-2-4-6-11/h2-9,14H,15H2,1H3. The van der Waals surface area contributed by atoms with Gasteiger partial charge in [0.25, 0.3) is 0 Å². The molecule has 0 saturated heterocycles. The Balaban J connectivity index is 2.01. The monoisotopic (exact) mass is 270 g/mol. The fourth-order valence-corrected chi connectivity index (χ4v) is 2.80. The van der Waals surface area contributed by atoms with Crippen LogP contribution in [0.25, 0.3) is 5.69 Å². The van der Waals surface area contributed by atoms with Crippen LogP contribution >= 0.6 is 11.3 Å². The highest BCUT2D eigenvalue weighted by Gasteiger charge is 2.16. The van der Waals surface area contributed by atoms with Crippen LogP contribution in [0.15, 0.2) is 48.8 Å². The summed E-state index contributed by atoms with van der Waals surface area (Å²) in [5.74, 6) is 0. The summed E-state index contributed by atoms with van der Waals surface area (Å²) in [7, 11) is 0. The average Bonchev–Trinajstić information content (AvgIpc) is 3.07. The van der Waals surface area contributed by atoms with Gasteiger partial charge in [0, 0.05) is 17.3 Å². The van der Waals surface area contributed by atoms with Gasteiger partial charge in [-0.1, -0.05) is 18.2 Å². The molecule has 0 saturated carbocycles. The topological polar surface area (TPSA) is 56.7 Å². The van der Waals surface area contributed by atoms with Crippen LogP contribution in [0.4, 0.5) is 0 Å². The SMILES string of the molecule is Cc1ncc(C(N)c2ccnn2-c2ccccc2)s1. The number of hydrogen-bond donors (Lipinski definition) is 1. The van der Waals surface area contributed by atoms with E-state index in [0.29, 0.717) is 0 Å². The highest BCUT2D eigenvalue weighted by molar-refractivity contribution is 7.11. The minimum absolute atomic E-state index is 0.200. The molecule has 0 aliphatic rings. The minimum atomic E-state index is -0.200. The van der Waals surface area contributed by atoms with Gasteiger partial charge in [-0.25, -0.2) is 9.67 Å². The second-order valence-electron chi connectivity index (χ2n) is 4.26. The third kappa shape index (κ3) is 2.30. The third-order valence-corrected chi connectivity index (χ3v) is 3.93. The zero-order valence-electron chi connectivity index (χ0n) is 10.5. The maximum atomic E-state index is 6.32. The van der Waals surface area contributed by atoms with Crippen molar-refractivity contribution in [1.82, 2.24) is 14.8 Å². The molecule has 1 atom stereocenters. The highest BCUT2D eigenvalue weighted by atomic mass is 32.1. The van der Waals surface area contributed by atoms with E-state index < -0.39 is 0 Å². The van der Waals surface area contributed by atoms with Crippen molar-refractivity contribution in [2.24, 2.45) is 5.73 Å². The van der Waals surface area contributed by atoms with Crippen molar-refractivity contribution >= 4 is 11.3 Å². The van der Waals surface area contributed by atoms with Crippen LogP contribution in [-0.2, 0) is 0 Å². The van der Waals surface area contributed by atoms with Crippen LogP contribution in [0.3, 0.4) is 0 Å². The highest BCUT2D eigenvalue weighted by Crippen LogP contribution is 2.25. The van der Waals surface area contributed by atoms with E-state index in [1.807, 2.05) is 54.2 Å². The molecule has 4 nitrogen and oxygen atoms in total. The van der Waals surface area contributed by atoms with Crippen LogP contribution in [0, 0.1) is 6.92 Å². The van der Waals surface area contributed by atoms with Gasteiger partial charge in [-0.15, -0.1) is 11.3 Å². The normalized spacial score (nSPS) is 12.5. The summed E-state index contributed by atoms with van der Waals surface area (Å²) in [5.41, 5.74) is 8.30. The Hall–Kier alpha value is -1.98.